The molecule has 0 atom stereocenters. The van der Waals surface area contributed by atoms with E-state index in [1.165, 1.54) is 18.2 Å². The Kier molecular flexibility index (Phi) is 11.6. The molecule has 2 aromatic carbocycles. The van der Waals surface area contributed by atoms with Crippen LogP contribution < -0.4 is 84.2 Å². The number of carboxylic acid groups (broad SMARTS) is 2. The van der Waals surface area contributed by atoms with Gasteiger partial charge < -0.3 is 29.1 Å². The van der Waals surface area contributed by atoms with Gasteiger partial charge in [0.1, 0.15) is 24.4 Å². The number of fused-ring (bicyclic) bond motifs is 2. The minimum atomic E-state index is -1.39. The van der Waals surface area contributed by atoms with Crippen LogP contribution in [0.2, 0.25) is 0 Å². The molecule has 0 unspecified atom stereocenters. The van der Waals surface area contributed by atoms with Crippen LogP contribution >= 0.6 is 0 Å². The molecule has 0 radical (unpaired) electrons. The van der Waals surface area contributed by atoms with Crippen molar-refractivity contribution < 1.29 is 83.3 Å². The summed E-state index contributed by atoms with van der Waals surface area (Å²) in [5.74, 6) is -2.21. The number of nitrogens with zero attached hydrogens (tertiary/aromatic N) is 2. The summed E-state index contributed by atoms with van der Waals surface area (Å²) in [6.07, 6.45) is 0. The third-order valence-corrected chi connectivity index (χ3v) is 6.69. The maximum Gasteiger partial charge on any atom is 1.00 e. The fraction of sp³-hybridized carbons (Fsp3) is 0.276. The van der Waals surface area contributed by atoms with Gasteiger partial charge in [0.05, 0.1) is 18.0 Å². The minimum Gasteiger partial charge on any atom is -0.545 e. The van der Waals surface area contributed by atoms with Crippen molar-refractivity contribution in [2.75, 3.05) is 31.1 Å². The Balaban J connectivity index is 0.00000253. The van der Waals surface area contributed by atoms with Gasteiger partial charge in [0, 0.05) is 53.0 Å². The van der Waals surface area contributed by atoms with E-state index in [1.807, 2.05) is 36.4 Å². The van der Waals surface area contributed by atoms with Crippen molar-refractivity contribution in [3.05, 3.63) is 71.1 Å². The van der Waals surface area contributed by atoms with Gasteiger partial charge in [0.2, 0.25) is 5.36 Å². The average molecular weight is 532 g/mol. The molecule has 0 bridgehead atoms. The molecule has 0 saturated heterocycles. The topological polar surface area (TPSA) is 99.7 Å². The summed E-state index contributed by atoms with van der Waals surface area (Å²) < 4.78 is 8.59. The van der Waals surface area contributed by atoms with E-state index in [0.717, 1.165) is 37.2 Å². The molecule has 7 nitrogen and oxygen atoms in total. The molecule has 0 fully saturated rings. The van der Waals surface area contributed by atoms with Gasteiger partial charge in [-0.25, -0.2) is 4.58 Å². The second-order valence-corrected chi connectivity index (χ2v) is 8.52. The van der Waals surface area contributed by atoms with Crippen LogP contribution in [-0.4, -0.2) is 38.1 Å². The summed E-state index contributed by atoms with van der Waals surface area (Å²) >= 11 is 0. The maximum absolute atomic E-state index is 12.1. The molecular weight excluding hydrogens is 502 g/mol. The Morgan fingerprint density at radius 2 is 1.50 bits per heavy atom. The summed E-state index contributed by atoms with van der Waals surface area (Å²) in [6, 6.07) is 15.4. The number of carboxylic acids is 2. The molecular formula is C29H29N2Na2O5+. The first-order valence-electron chi connectivity index (χ1n) is 12.2. The summed E-state index contributed by atoms with van der Waals surface area (Å²) in [7, 11) is 0. The Bertz CT molecular complexity index is 1500. The van der Waals surface area contributed by atoms with Gasteiger partial charge in [0.25, 0.3) is 0 Å². The van der Waals surface area contributed by atoms with Gasteiger partial charge in [0.15, 0.2) is 0 Å². The van der Waals surface area contributed by atoms with Gasteiger partial charge in [-0.15, -0.1) is 0 Å². The van der Waals surface area contributed by atoms with Crippen LogP contribution in [0.5, 0.6) is 0 Å². The van der Waals surface area contributed by atoms with Gasteiger partial charge >= 0.3 is 59.1 Å². The fourth-order valence-electron chi connectivity index (χ4n) is 4.78. The number of hydrogen-bond acceptors (Lipinski definition) is 6. The van der Waals surface area contributed by atoms with Gasteiger partial charge in [-0.3, -0.25) is 0 Å². The van der Waals surface area contributed by atoms with E-state index in [1.54, 1.807) is 0 Å². The Hall–Kier alpha value is -2.13. The molecule has 2 aliphatic rings. The number of carbonyl (C=O) groups excluding carboxylic acids is 2. The molecule has 2 aromatic rings. The van der Waals surface area contributed by atoms with E-state index in [2.05, 4.69) is 37.2 Å². The molecule has 38 heavy (non-hydrogen) atoms. The number of hydrogen-bond donors (Lipinski definition) is 0. The molecule has 1 aliphatic carbocycles. The van der Waals surface area contributed by atoms with E-state index >= 15 is 0 Å². The molecule has 186 valence electrons. The monoisotopic (exact) mass is 531 g/mol. The predicted molar refractivity (Wildman–Crippen MR) is 137 cm³/mol. The predicted octanol–water partition coefficient (Wildman–Crippen LogP) is -3.40. The number of aromatic carboxylic acids is 2. The average Bonchev–Trinajstić information content (AvgIpc) is 2.88. The first-order chi connectivity index (χ1) is 17.3. The first kappa shape index (κ1) is 32.1. The third kappa shape index (κ3) is 6.19. The van der Waals surface area contributed by atoms with E-state index in [-0.39, 0.29) is 75.8 Å². The molecule has 0 spiro atoms. The van der Waals surface area contributed by atoms with E-state index < -0.39 is 11.9 Å². The van der Waals surface area contributed by atoms with E-state index in [0.29, 0.717) is 27.9 Å². The Morgan fingerprint density at radius 1 is 0.816 bits per heavy atom. The van der Waals surface area contributed by atoms with Crippen molar-refractivity contribution >= 4 is 28.6 Å². The molecule has 1 aliphatic heterocycles. The summed E-state index contributed by atoms with van der Waals surface area (Å²) in [4.78, 5) is 25.9. The van der Waals surface area contributed by atoms with Crippen molar-refractivity contribution in [1.82, 2.24) is 4.58 Å². The van der Waals surface area contributed by atoms with E-state index in [4.69, 9.17) is 4.42 Å². The van der Waals surface area contributed by atoms with Crippen molar-refractivity contribution in [2.45, 2.75) is 27.7 Å². The largest absolute Gasteiger partial charge is 1.00 e. The minimum absolute atomic E-state index is 0. The molecule has 9 heteroatoms. The van der Waals surface area contributed by atoms with Crippen molar-refractivity contribution in [3.63, 3.8) is 0 Å². The van der Waals surface area contributed by atoms with Gasteiger partial charge in [-0.2, -0.15) is 0 Å². The number of benzene rings is 3. The Labute approximate surface area is 266 Å². The molecule has 0 amide bonds. The smallest absolute Gasteiger partial charge is 0.545 e. The van der Waals surface area contributed by atoms with Crippen LogP contribution in [0.15, 0.2) is 59.0 Å². The van der Waals surface area contributed by atoms with Crippen molar-refractivity contribution in [3.8, 4) is 22.5 Å². The quantitative estimate of drug-likeness (QED) is 0.134. The zero-order valence-corrected chi connectivity index (χ0v) is 27.0. The van der Waals surface area contributed by atoms with Crippen molar-refractivity contribution in [2.24, 2.45) is 0 Å². The van der Waals surface area contributed by atoms with Crippen molar-refractivity contribution in [1.29, 1.82) is 0 Å². The molecule has 0 saturated carbocycles. The second-order valence-electron chi connectivity index (χ2n) is 8.52. The first-order valence-corrected chi connectivity index (χ1v) is 12.2. The van der Waals surface area contributed by atoms with Crippen LogP contribution in [0.4, 0.5) is 5.69 Å². The maximum atomic E-state index is 12.1. The third-order valence-electron chi connectivity index (χ3n) is 6.69. The number of rotatable bonds is 8. The zero-order chi connectivity index (χ0) is 26.0. The second kappa shape index (κ2) is 13.8. The molecule has 4 rings (SSSR count). The SMILES string of the molecule is CCN(CC)c1ccc2c(-c3cc(C(=O)[O-])ccc3C(=O)[O-])c3ccc(=[N+](CC)CC)cc-3oc2c1.[Na+].[Na+]. The van der Waals surface area contributed by atoms with Crippen LogP contribution in [0.1, 0.15) is 48.4 Å². The van der Waals surface area contributed by atoms with Gasteiger partial charge in [-0.1, -0.05) is 12.1 Å². The fourth-order valence-corrected chi connectivity index (χ4v) is 4.78. The van der Waals surface area contributed by atoms with Crippen LogP contribution in [0.25, 0.3) is 33.4 Å². The summed E-state index contributed by atoms with van der Waals surface area (Å²) in [5.41, 5.74) is 2.82. The van der Waals surface area contributed by atoms with Crippen LogP contribution in [-0.2, 0) is 0 Å². The number of anilines is 1. The molecule has 0 N–H and O–H groups in total. The van der Waals surface area contributed by atoms with Gasteiger partial charge in [-0.05, 0) is 63.1 Å². The summed E-state index contributed by atoms with van der Waals surface area (Å²) in [5, 5.41) is 25.4. The van der Waals surface area contributed by atoms with E-state index in [9.17, 15) is 19.8 Å². The zero-order valence-electron chi connectivity index (χ0n) is 23.0. The standard InChI is InChI=1S/C29H30N2O5.2Na/c1-5-30(6-2)19-10-13-22-25(16-19)36-26-17-20(31(7-3)8-4)11-14-23(26)27(22)24-15-18(28(32)33)9-12-21(24)29(34)35;;/h9-17H,5-8H2,1-4H3,(H-,32,33,34,35);;/q;2*+1/p-1. The Morgan fingerprint density at radius 3 is 2.08 bits per heavy atom. The molecule has 1 heterocycles. The summed E-state index contributed by atoms with van der Waals surface area (Å²) in [6.45, 7) is 11.6. The number of carbonyl (C=O) groups is 2. The normalized spacial score (nSPS) is 10.5. The van der Waals surface area contributed by atoms with Crippen LogP contribution in [0.3, 0.4) is 0 Å². The molecule has 0 aromatic heterocycles. The van der Waals surface area contributed by atoms with Crippen LogP contribution in [0, 0.1) is 0 Å².